The molecule has 25 heavy (non-hydrogen) atoms. The Bertz CT molecular complexity index is 837. The molecule has 7 nitrogen and oxygen atoms in total. The van der Waals surface area contributed by atoms with Crippen molar-refractivity contribution in [1.29, 1.82) is 0 Å². The summed E-state index contributed by atoms with van der Waals surface area (Å²) in [5.41, 5.74) is 3.90. The molecule has 2 rings (SSSR count). The zero-order chi connectivity index (χ0) is 18.4. The Labute approximate surface area is 149 Å². The fraction of sp³-hybridized carbons (Fsp3) is 0.118. The van der Waals surface area contributed by atoms with Gasteiger partial charge in [0.2, 0.25) is 0 Å². The second-order valence-corrected chi connectivity index (χ2v) is 5.48. The quantitative estimate of drug-likeness (QED) is 0.442. The molecule has 2 aromatic carbocycles. The number of carbonyl (C=O) groups excluding carboxylic acids is 2. The lowest BCUT2D eigenvalue weighted by Crippen LogP contribution is -2.32. The van der Waals surface area contributed by atoms with Crippen molar-refractivity contribution < 1.29 is 19.4 Å². The number of hydrogen-bond acceptors (Lipinski definition) is 5. The molecule has 2 amide bonds. The van der Waals surface area contributed by atoms with E-state index >= 15 is 0 Å². The number of rotatable bonds is 4. The third-order valence-electron chi connectivity index (χ3n) is 3.24. The Hall–Kier alpha value is -3.06. The average Bonchev–Trinajstić information content (AvgIpc) is 2.59. The summed E-state index contributed by atoms with van der Waals surface area (Å²) in [7, 11) is 1.42. The first kappa shape index (κ1) is 18.3. The molecular weight excluding hydrogens is 346 g/mol. The van der Waals surface area contributed by atoms with Crippen molar-refractivity contribution in [1.82, 2.24) is 5.43 Å². The first-order valence-electron chi connectivity index (χ1n) is 7.18. The van der Waals surface area contributed by atoms with Crippen LogP contribution in [0.5, 0.6) is 11.5 Å². The molecule has 0 unspecified atom stereocenters. The van der Waals surface area contributed by atoms with Crippen molar-refractivity contribution in [3.05, 3.63) is 52.5 Å². The Morgan fingerprint density at radius 2 is 1.96 bits per heavy atom. The Kier molecular flexibility index (Phi) is 5.97. The maximum atomic E-state index is 11.9. The predicted octanol–water partition coefficient (Wildman–Crippen LogP) is 2.45. The van der Waals surface area contributed by atoms with Crippen LogP contribution < -0.4 is 15.5 Å². The van der Waals surface area contributed by atoms with Crippen LogP contribution in [-0.4, -0.2) is 30.2 Å². The number of benzene rings is 2. The minimum absolute atomic E-state index is 0.0139. The molecule has 0 saturated heterocycles. The molecule has 3 N–H and O–H groups in total. The molecule has 0 aliphatic carbocycles. The largest absolute Gasteiger partial charge is 0.504 e. The number of carbonyl (C=O) groups is 2. The van der Waals surface area contributed by atoms with Crippen molar-refractivity contribution in [3.8, 4) is 11.5 Å². The van der Waals surface area contributed by atoms with E-state index < -0.39 is 11.8 Å². The van der Waals surface area contributed by atoms with Crippen LogP contribution in [0.15, 0.2) is 41.5 Å². The van der Waals surface area contributed by atoms with E-state index in [0.717, 1.165) is 5.56 Å². The summed E-state index contributed by atoms with van der Waals surface area (Å²) < 4.78 is 4.96. The normalized spacial score (nSPS) is 10.5. The van der Waals surface area contributed by atoms with Crippen molar-refractivity contribution in [2.75, 3.05) is 12.4 Å². The maximum Gasteiger partial charge on any atom is 0.329 e. The first-order chi connectivity index (χ1) is 11.9. The number of ether oxygens (including phenoxy) is 1. The molecule has 0 saturated carbocycles. The van der Waals surface area contributed by atoms with Crippen LogP contribution in [0.4, 0.5) is 5.69 Å². The zero-order valence-electron chi connectivity index (χ0n) is 13.5. The van der Waals surface area contributed by atoms with Gasteiger partial charge in [0, 0.05) is 10.7 Å². The number of nitrogens with zero attached hydrogens (tertiary/aromatic N) is 1. The van der Waals surface area contributed by atoms with Gasteiger partial charge < -0.3 is 15.2 Å². The van der Waals surface area contributed by atoms with Crippen LogP contribution >= 0.6 is 11.6 Å². The highest BCUT2D eigenvalue weighted by atomic mass is 35.5. The fourth-order valence-electron chi connectivity index (χ4n) is 1.90. The number of halogens is 1. The Morgan fingerprint density at radius 3 is 2.68 bits per heavy atom. The SMILES string of the molecule is COc1cc(/C=N\NC(=O)C(=O)Nc2cc(Cl)ccc2C)ccc1O. The number of hydrazone groups is 1. The minimum atomic E-state index is -0.929. The number of hydrogen-bond donors (Lipinski definition) is 3. The number of amides is 2. The van der Waals surface area contributed by atoms with Gasteiger partial charge >= 0.3 is 11.8 Å². The second-order valence-electron chi connectivity index (χ2n) is 5.04. The smallest absolute Gasteiger partial charge is 0.329 e. The number of phenolic OH excluding ortho intramolecular Hbond substituents is 1. The molecule has 0 heterocycles. The molecule has 0 bridgehead atoms. The van der Waals surface area contributed by atoms with E-state index in [1.54, 1.807) is 31.2 Å². The minimum Gasteiger partial charge on any atom is -0.504 e. The summed E-state index contributed by atoms with van der Waals surface area (Å²) in [5, 5.41) is 16.1. The monoisotopic (exact) mass is 361 g/mol. The van der Waals surface area contributed by atoms with Crippen LogP contribution in [-0.2, 0) is 9.59 Å². The number of methoxy groups -OCH3 is 1. The Balaban J connectivity index is 1.97. The molecular formula is C17H16ClN3O4. The molecule has 130 valence electrons. The first-order valence-corrected chi connectivity index (χ1v) is 7.56. The molecule has 0 aromatic heterocycles. The van der Waals surface area contributed by atoms with Gasteiger partial charge in [0.1, 0.15) is 0 Å². The number of aromatic hydroxyl groups is 1. The van der Waals surface area contributed by atoms with Crippen molar-refractivity contribution in [3.63, 3.8) is 0 Å². The van der Waals surface area contributed by atoms with Gasteiger partial charge in [-0.1, -0.05) is 17.7 Å². The van der Waals surface area contributed by atoms with E-state index in [0.29, 0.717) is 16.3 Å². The van der Waals surface area contributed by atoms with Gasteiger partial charge in [0.15, 0.2) is 11.5 Å². The average molecular weight is 362 g/mol. The fourth-order valence-corrected chi connectivity index (χ4v) is 2.07. The standard InChI is InChI=1S/C17H16ClN3O4/c1-10-3-5-12(18)8-13(10)20-16(23)17(24)21-19-9-11-4-6-14(22)15(7-11)25-2/h3-9,22H,1-2H3,(H,20,23)(H,21,24)/b19-9-. The topological polar surface area (TPSA) is 100 Å². The molecule has 8 heteroatoms. The van der Waals surface area contributed by atoms with E-state index in [1.165, 1.54) is 25.5 Å². The summed E-state index contributed by atoms with van der Waals surface area (Å²) in [6.07, 6.45) is 1.32. The summed E-state index contributed by atoms with van der Waals surface area (Å²) in [5.74, 6) is -1.54. The second kappa shape index (κ2) is 8.16. The summed E-state index contributed by atoms with van der Waals surface area (Å²) >= 11 is 5.86. The Morgan fingerprint density at radius 1 is 1.20 bits per heavy atom. The van der Waals surface area contributed by atoms with Crippen molar-refractivity contribution in [2.24, 2.45) is 5.10 Å². The lowest BCUT2D eigenvalue weighted by molar-refractivity contribution is -0.136. The lowest BCUT2D eigenvalue weighted by atomic mass is 10.2. The number of anilines is 1. The molecule has 2 aromatic rings. The highest BCUT2D eigenvalue weighted by Crippen LogP contribution is 2.25. The third-order valence-corrected chi connectivity index (χ3v) is 3.47. The van der Waals surface area contributed by atoms with E-state index in [-0.39, 0.29) is 11.5 Å². The molecule has 0 atom stereocenters. The van der Waals surface area contributed by atoms with Gasteiger partial charge in [-0.2, -0.15) is 5.10 Å². The zero-order valence-corrected chi connectivity index (χ0v) is 14.3. The van der Waals surface area contributed by atoms with E-state index in [2.05, 4.69) is 15.8 Å². The summed E-state index contributed by atoms with van der Waals surface area (Å²) in [4.78, 5) is 23.6. The lowest BCUT2D eigenvalue weighted by Gasteiger charge is -2.07. The number of phenols is 1. The summed E-state index contributed by atoms with van der Waals surface area (Å²) in [6, 6.07) is 9.49. The van der Waals surface area contributed by atoms with E-state index in [1.807, 2.05) is 0 Å². The number of nitrogens with one attached hydrogen (secondary N) is 2. The molecule has 0 spiro atoms. The number of aryl methyl sites for hydroxylation is 1. The van der Waals surface area contributed by atoms with Gasteiger partial charge in [-0.05, 0) is 48.4 Å². The van der Waals surface area contributed by atoms with E-state index in [4.69, 9.17) is 16.3 Å². The predicted molar refractivity (Wildman–Crippen MR) is 95.2 cm³/mol. The van der Waals surface area contributed by atoms with E-state index in [9.17, 15) is 14.7 Å². The van der Waals surface area contributed by atoms with Crippen LogP contribution in [0.3, 0.4) is 0 Å². The summed E-state index contributed by atoms with van der Waals surface area (Å²) in [6.45, 7) is 1.78. The third kappa shape index (κ3) is 4.95. The molecule has 0 aliphatic heterocycles. The molecule has 0 radical (unpaired) electrons. The molecule has 0 aliphatic rings. The van der Waals surface area contributed by atoms with Crippen LogP contribution in [0.25, 0.3) is 0 Å². The van der Waals surface area contributed by atoms with Crippen LogP contribution in [0, 0.1) is 6.92 Å². The van der Waals surface area contributed by atoms with Gasteiger partial charge in [0.25, 0.3) is 0 Å². The highest BCUT2D eigenvalue weighted by Gasteiger charge is 2.14. The van der Waals surface area contributed by atoms with Crippen molar-refractivity contribution in [2.45, 2.75) is 6.92 Å². The van der Waals surface area contributed by atoms with Gasteiger partial charge in [-0.25, -0.2) is 5.43 Å². The van der Waals surface area contributed by atoms with Crippen LogP contribution in [0.2, 0.25) is 5.02 Å². The van der Waals surface area contributed by atoms with Crippen molar-refractivity contribution >= 4 is 35.3 Å². The van der Waals surface area contributed by atoms with Gasteiger partial charge in [-0.3, -0.25) is 9.59 Å². The highest BCUT2D eigenvalue weighted by molar-refractivity contribution is 6.40. The van der Waals surface area contributed by atoms with Gasteiger partial charge in [-0.15, -0.1) is 0 Å². The van der Waals surface area contributed by atoms with Crippen LogP contribution in [0.1, 0.15) is 11.1 Å². The molecule has 0 fully saturated rings. The van der Waals surface area contributed by atoms with Gasteiger partial charge in [0.05, 0.1) is 13.3 Å². The maximum absolute atomic E-state index is 11.9.